The first-order valence-electron chi connectivity index (χ1n) is 9.67. The van der Waals surface area contributed by atoms with Crippen molar-refractivity contribution < 1.29 is 9.59 Å². The molecule has 30 heavy (non-hydrogen) atoms. The second-order valence-corrected chi connectivity index (χ2v) is 7.16. The number of hydrogen-bond acceptors (Lipinski definition) is 4. The summed E-state index contributed by atoms with van der Waals surface area (Å²) in [5, 5.41) is 12.0. The molecule has 5 heteroatoms. The van der Waals surface area contributed by atoms with Crippen LogP contribution in [0.15, 0.2) is 77.8 Å². The van der Waals surface area contributed by atoms with Gasteiger partial charge in [-0.05, 0) is 47.0 Å². The Bertz CT molecular complexity index is 1190. The molecular formula is C25H19N3O2. The molecule has 0 bridgehead atoms. The number of amides is 1. The van der Waals surface area contributed by atoms with Gasteiger partial charge >= 0.3 is 0 Å². The van der Waals surface area contributed by atoms with Gasteiger partial charge in [-0.3, -0.25) is 14.6 Å². The number of aliphatic imine (C=N–C) groups is 1. The van der Waals surface area contributed by atoms with Gasteiger partial charge in [0.15, 0.2) is 0 Å². The SMILES string of the molecule is N#Cc1cccc(C2=Nc3ccc(C(=O)NCc4ccccc4)cc3CC(=O)C2)c1. The van der Waals surface area contributed by atoms with Gasteiger partial charge in [0.25, 0.3) is 5.91 Å². The molecule has 0 atom stereocenters. The molecule has 4 rings (SSSR count). The molecule has 5 nitrogen and oxygen atoms in total. The van der Waals surface area contributed by atoms with Gasteiger partial charge in [0.1, 0.15) is 5.78 Å². The minimum Gasteiger partial charge on any atom is -0.348 e. The van der Waals surface area contributed by atoms with Crippen molar-refractivity contribution in [2.45, 2.75) is 19.4 Å². The molecule has 0 aliphatic carbocycles. The summed E-state index contributed by atoms with van der Waals surface area (Å²) in [5.74, 6) is -0.166. The number of Topliss-reactive ketones (excluding diaryl/α,β-unsaturated/α-hetero) is 1. The van der Waals surface area contributed by atoms with E-state index in [0.717, 1.165) is 16.7 Å². The second-order valence-electron chi connectivity index (χ2n) is 7.16. The molecule has 1 N–H and O–H groups in total. The third-order valence-electron chi connectivity index (χ3n) is 4.97. The highest BCUT2D eigenvalue weighted by Gasteiger charge is 2.19. The summed E-state index contributed by atoms with van der Waals surface area (Å²) in [6.07, 6.45) is 0.416. The molecule has 0 aromatic heterocycles. The number of nitrogens with one attached hydrogen (secondary N) is 1. The van der Waals surface area contributed by atoms with Crippen LogP contribution in [0, 0.1) is 11.3 Å². The maximum Gasteiger partial charge on any atom is 0.251 e. The smallest absolute Gasteiger partial charge is 0.251 e. The lowest BCUT2D eigenvalue weighted by Crippen LogP contribution is -2.22. The van der Waals surface area contributed by atoms with E-state index in [1.807, 2.05) is 36.4 Å². The summed E-state index contributed by atoms with van der Waals surface area (Å²) in [7, 11) is 0. The molecule has 1 heterocycles. The van der Waals surface area contributed by atoms with Gasteiger partial charge in [-0.15, -0.1) is 0 Å². The third-order valence-corrected chi connectivity index (χ3v) is 4.97. The molecule has 0 fully saturated rings. The Morgan fingerprint density at radius 1 is 1.00 bits per heavy atom. The van der Waals surface area contributed by atoms with Crippen molar-refractivity contribution in [3.63, 3.8) is 0 Å². The highest BCUT2D eigenvalue weighted by molar-refractivity contribution is 6.14. The number of ketones is 1. The fourth-order valence-corrected chi connectivity index (χ4v) is 3.44. The second kappa shape index (κ2) is 8.54. The Morgan fingerprint density at radius 3 is 2.63 bits per heavy atom. The molecule has 1 amide bonds. The van der Waals surface area contributed by atoms with Gasteiger partial charge in [0, 0.05) is 24.9 Å². The van der Waals surface area contributed by atoms with E-state index in [2.05, 4.69) is 16.4 Å². The number of hydrogen-bond donors (Lipinski definition) is 1. The zero-order valence-electron chi connectivity index (χ0n) is 16.3. The minimum absolute atomic E-state index is 0.0247. The van der Waals surface area contributed by atoms with Crippen LogP contribution in [0.2, 0.25) is 0 Å². The molecule has 3 aromatic carbocycles. The maximum atomic E-state index is 12.6. The topological polar surface area (TPSA) is 82.3 Å². The van der Waals surface area contributed by atoms with Crippen molar-refractivity contribution >= 4 is 23.1 Å². The van der Waals surface area contributed by atoms with E-state index >= 15 is 0 Å². The predicted octanol–water partition coefficient (Wildman–Crippen LogP) is 4.12. The molecule has 1 aliphatic rings. The third kappa shape index (κ3) is 4.34. The zero-order chi connectivity index (χ0) is 20.9. The summed E-state index contributed by atoms with van der Waals surface area (Å²) in [4.78, 5) is 29.8. The number of carbonyl (C=O) groups excluding carboxylic acids is 2. The maximum absolute atomic E-state index is 12.6. The molecule has 0 spiro atoms. The lowest BCUT2D eigenvalue weighted by atomic mass is 10.0. The summed E-state index contributed by atoms with van der Waals surface area (Å²) >= 11 is 0. The average molecular weight is 393 g/mol. The van der Waals surface area contributed by atoms with E-state index in [1.165, 1.54) is 0 Å². The van der Waals surface area contributed by atoms with Crippen molar-refractivity contribution in [2.24, 2.45) is 4.99 Å². The summed E-state index contributed by atoms with van der Waals surface area (Å²) in [6, 6.07) is 24.1. The Labute approximate surface area is 174 Å². The summed E-state index contributed by atoms with van der Waals surface area (Å²) in [6.45, 7) is 0.438. The fraction of sp³-hybridized carbons (Fsp3) is 0.120. The quantitative estimate of drug-likeness (QED) is 0.724. The lowest BCUT2D eigenvalue weighted by Gasteiger charge is -2.08. The van der Waals surface area contributed by atoms with Crippen molar-refractivity contribution in [3.05, 3.63) is 101 Å². The highest BCUT2D eigenvalue weighted by Crippen LogP contribution is 2.27. The summed E-state index contributed by atoms with van der Waals surface area (Å²) in [5.41, 5.74) is 4.86. The number of rotatable bonds is 4. The minimum atomic E-state index is -0.190. The van der Waals surface area contributed by atoms with Crippen molar-refractivity contribution in [1.82, 2.24) is 5.32 Å². The molecule has 0 saturated carbocycles. The first kappa shape index (κ1) is 19.3. The highest BCUT2D eigenvalue weighted by atomic mass is 16.1. The number of nitrogens with zero attached hydrogens (tertiary/aromatic N) is 2. The van der Waals surface area contributed by atoms with E-state index < -0.39 is 0 Å². The molecular weight excluding hydrogens is 374 g/mol. The van der Waals surface area contributed by atoms with Crippen LogP contribution in [0.25, 0.3) is 0 Å². The number of benzene rings is 3. The molecule has 0 saturated heterocycles. The van der Waals surface area contributed by atoms with E-state index in [1.54, 1.807) is 36.4 Å². The normalized spacial score (nSPS) is 12.9. The Morgan fingerprint density at radius 2 is 1.83 bits per heavy atom. The lowest BCUT2D eigenvalue weighted by molar-refractivity contribution is -0.117. The van der Waals surface area contributed by atoms with Gasteiger partial charge in [-0.1, -0.05) is 42.5 Å². The fourth-order valence-electron chi connectivity index (χ4n) is 3.44. The van der Waals surface area contributed by atoms with Crippen LogP contribution >= 0.6 is 0 Å². The number of carbonyl (C=O) groups is 2. The van der Waals surface area contributed by atoms with Crippen LogP contribution in [0.4, 0.5) is 5.69 Å². The van der Waals surface area contributed by atoms with Gasteiger partial charge in [-0.2, -0.15) is 5.26 Å². The zero-order valence-corrected chi connectivity index (χ0v) is 16.3. The first-order chi connectivity index (χ1) is 14.6. The van der Waals surface area contributed by atoms with E-state index in [4.69, 9.17) is 5.26 Å². The van der Waals surface area contributed by atoms with Crippen molar-refractivity contribution in [1.29, 1.82) is 5.26 Å². The van der Waals surface area contributed by atoms with Gasteiger partial charge in [0.2, 0.25) is 0 Å². The monoisotopic (exact) mass is 393 g/mol. The van der Waals surface area contributed by atoms with Crippen molar-refractivity contribution in [2.75, 3.05) is 0 Å². The van der Waals surface area contributed by atoms with Crippen LogP contribution in [0.3, 0.4) is 0 Å². The number of fused-ring (bicyclic) bond motifs is 1. The standard InChI is InChI=1S/C25H19N3O2/c26-15-18-7-4-8-19(11-18)24-14-22(29)13-21-12-20(9-10-23(21)28-24)25(30)27-16-17-5-2-1-3-6-17/h1-12H,13-14,16H2,(H,27,30). The van der Waals surface area contributed by atoms with Crippen LogP contribution in [-0.2, 0) is 17.8 Å². The largest absolute Gasteiger partial charge is 0.348 e. The molecule has 0 radical (unpaired) electrons. The molecule has 0 unspecified atom stereocenters. The van der Waals surface area contributed by atoms with Gasteiger partial charge in [-0.25, -0.2) is 0 Å². The molecule has 146 valence electrons. The van der Waals surface area contributed by atoms with Crippen molar-refractivity contribution in [3.8, 4) is 6.07 Å². The van der Waals surface area contributed by atoms with Crippen LogP contribution in [0.1, 0.15) is 39.0 Å². The van der Waals surface area contributed by atoms with E-state index in [-0.39, 0.29) is 24.5 Å². The molecule has 3 aromatic rings. The van der Waals surface area contributed by atoms with Gasteiger partial charge in [0.05, 0.1) is 23.0 Å². The average Bonchev–Trinajstić information content (AvgIpc) is 2.95. The predicted molar refractivity (Wildman–Crippen MR) is 115 cm³/mol. The van der Waals surface area contributed by atoms with E-state index in [9.17, 15) is 9.59 Å². The van der Waals surface area contributed by atoms with E-state index in [0.29, 0.717) is 29.1 Å². The Kier molecular flexibility index (Phi) is 5.49. The van der Waals surface area contributed by atoms with Crippen LogP contribution in [0.5, 0.6) is 0 Å². The van der Waals surface area contributed by atoms with Crippen LogP contribution < -0.4 is 5.32 Å². The first-order valence-corrected chi connectivity index (χ1v) is 9.67. The Hall–Kier alpha value is -4.04. The van der Waals surface area contributed by atoms with Gasteiger partial charge < -0.3 is 5.32 Å². The summed E-state index contributed by atoms with van der Waals surface area (Å²) < 4.78 is 0. The molecule has 1 aliphatic heterocycles. The number of nitriles is 1. The Balaban J connectivity index is 1.59. The van der Waals surface area contributed by atoms with Crippen LogP contribution in [-0.4, -0.2) is 17.4 Å².